The zero-order chi connectivity index (χ0) is 17.6. The minimum Gasteiger partial charge on any atom is -0.373 e. The third-order valence-corrected chi connectivity index (χ3v) is 5.05. The van der Waals surface area contributed by atoms with E-state index in [1.165, 1.54) is 0 Å². The molecule has 136 valence electrons. The molecule has 1 aromatic carbocycles. The van der Waals surface area contributed by atoms with Gasteiger partial charge in [0.2, 0.25) is 5.91 Å². The quantitative estimate of drug-likeness (QED) is 0.816. The molecule has 2 heterocycles. The summed E-state index contributed by atoms with van der Waals surface area (Å²) in [5.41, 5.74) is 0.976. The Bertz CT molecular complexity index is 663. The molecule has 2 unspecified atom stereocenters. The third-order valence-electron chi connectivity index (χ3n) is 4.04. The molecular formula is C18H25N3O3S. The molecule has 25 heavy (non-hydrogen) atoms. The lowest BCUT2D eigenvalue weighted by molar-refractivity contribution is -0.126. The van der Waals surface area contributed by atoms with Crippen molar-refractivity contribution in [3.05, 3.63) is 29.3 Å². The lowest BCUT2D eigenvalue weighted by Crippen LogP contribution is -2.48. The van der Waals surface area contributed by atoms with Crippen molar-refractivity contribution in [2.75, 3.05) is 32.8 Å². The molecular weight excluding hydrogens is 338 g/mol. The Morgan fingerprint density at radius 3 is 2.88 bits per heavy atom. The summed E-state index contributed by atoms with van der Waals surface area (Å²) >= 11 is 1.60. The van der Waals surface area contributed by atoms with Gasteiger partial charge in [-0.2, -0.15) is 0 Å². The highest BCUT2D eigenvalue weighted by Gasteiger charge is 2.21. The maximum absolute atomic E-state index is 11.9. The van der Waals surface area contributed by atoms with Crippen LogP contribution in [0.2, 0.25) is 0 Å². The zero-order valence-corrected chi connectivity index (χ0v) is 15.6. The molecule has 0 bridgehead atoms. The van der Waals surface area contributed by atoms with E-state index < -0.39 is 0 Å². The summed E-state index contributed by atoms with van der Waals surface area (Å²) in [6.07, 6.45) is 0.494. The van der Waals surface area contributed by atoms with Gasteiger partial charge in [0.1, 0.15) is 11.6 Å². The van der Waals surface area contributed by atoms with Gasteiger partial charge in [0.05, 0.1) is 29.0 Å². The summed E-state index contributed by atoms with van der Waals surface area (Å²) < 4.78 is 12.3. The molecule has 1 aromatic heterocycles. The van der Waals surface area contributed by atoms with Gasteiger partial charge in [0, 0.05) is 26.2 Å². The Morgan fingerprint density at radius 1 is 1.36 bits per heavy atom. The number of carbonyl (C=O) groups excluding carboxylic acids is 1. The lowest BCUT2D eigenvalue weighted by atomic mass is 10.2. The topological polar surface area (TPSA) is 63.7 Å². The SMILES string of the molecule is CC1CN(CCNC(=O)COCc2nc3ccccc3s2)CC(C)O1. The molecule has 1 N–H and O–H groups in total. The fourth-order valence-corrected chi connectivity index (χ4v) is 3.99. The highest BCUT2D eigenvalue weighted by Crippen LogP contribution is 2.21. The molecule has 2 aromatic rings. The number of nitrogens with one attached hydrogen (secondary N) is 1. The molecule has 0 saturated carbocycles. The van der Waals surface area contributed by atoms with Gasteiger partial charge in [0.25, 0.3) is 0 Å². The predicted molar refractivity (Wildman–Crippen MR) is 98.7 cm³/mol. The van der Waals surface area contributed by atoms with Gasteiger partial charge in [-0.3, -0.25) is 9.69 Å². The minimum absolute atomic E-state index is 0.0614. The number of amides is 1. The Balaban J connectivity index is 1.33. The average Bonchev–Trinajstić information content (AvgIpc) is 2.96. The number of benzene rings is 1. The van der Waals surface area contributed by atoms with Crippen LogP contribution in [0.1, 0.15) is 18.9 Å². The number of carbonyl (C=O) groups is 1. The van der Waals surface area contributed by atoms with Crippen LogP contribution in [0.15, 0.2) is 24.3 Å². The highest BCUT2D eigenvalue weighted by molar-refractivity contribution is 7.18. The summed E-state index contributed by atoms with van der Waals surface area (Å²) in [7, 11) is 0. The van der Waals surface area contributed by atoms with Gasteiger partial charge in [-0.25, -0.2) is 4.98 Å². The Kier molecular flexibility index (Phi) is 6.36. The summed E-state index contributed by atoms with van der Waals surface area (Å²) in [5, 5.41) is 3.80. The number of nitrogens with zero attached hydrogens (tertiary/aromatic N) is 2. The van der Waals surface area contributed by atoms with Crippen molar-refractivity contribution in [3.63, 3.8) is 0 Å². The smallest absolute Gasteiger partial charge is 0.246 e. The lowest BCUT2D eigenvalue weighted by Gasteiger charge is -2.35. The van der Waals surface area contributed by atoms with E-state index in [-0.39, 0.29) is 24.7 Å². The number of para-hydroxylation sites is 1. The molecule has 2 atom stereocenters. The number of rotatable bonds is 7. The zero-order valence-electron chi connectivity index (χ0n) is 14.7. The Morgan fingerprint density at radius 2 is 2.12 bits per heavy atom. The summed E-state index contributed by atoms with van der Waals surface area (Å²) in [4.78, 5) is 18.7. The fraction of sp³-hybridized carbons (Fsp3) is 0.556. The largest absolute Gasteiger partial charge is 0.373 e. The molecule has 3 rings (SSSR count). The van der Waals surface area contributed by atoms with Gasteiger partial charge in [-0.15, -0.1) is 11.3 Å². The molecule has 1 aliphatic heterocycles. The average molecular weight is 363 g/mol. The number of thiazole rings is 1. The first-order valence-corrected chi connectivity index (χ1v) is 9.48. The van der Waals surface area contributed by atoms with E-state index in [9.17, 15) is 4.79 Å². The second-order valence-corrected chi connectivity index (χ2v) is 7.55. The molecule has 0 radical (unpaired) electrons. The number of fused-ring (bicyclic) bond motifs is 1. The molecule has 1 aliphatic rings. The van der Waals surface area contributed by atoms with Gasteiger partial charge >= 0.3 is 0 Å². The van der Waals surface area contributed by atoms with E-state index in [0.717, 1.165) is 34.9 Å². The van der Waals surface area contributed by atoms with Crippen molar-refractivity contribution < 1.29 is 14.3 Å². The van der Waals surface area contributed by atoms with Gasteiger partial charge in [0.15, 0.2) is 0 Å². The standard InChI is InChI=1S/C18H25N3O3S/c1-13-9-21(10-14(2)24-13)8-7-19-17(22)11-23-12-18-20-15-5-3-4-6-16(15)25-18/h3-6,13-14H,7-12H2,1-2H3,(H,19,22). The van der Waals surface area contributed by atoms with Gasteiger partial charge < -0.3 is 14.8 Å². The molecule has 1 fully saturated rings. The molecule has 6 nitrogen and oxygen atoms in total. The van der Waals surface area contributed by atoms with Crippen LogP contribution in [0.3, 0.4) is 0 Å². The number of hydrogen-bond donors (Lipinski definition) is 1. The van der Waals surface area contributed by atoms with E-state index in [1.54, 1.807) is 11.3 Å². The van der Waals surface area contributed by atoms with Crippen LogP contribution >= 0.6 is 11.3 Å². The van der Waals surface area contributed by atoms with Crippen molar-refractivity contribution in [2.24, 2.45) is 0 Å². The maximum atomic E-state index is 11.9. The van der Waals surface area contributed by atoms with Crippen LogP contribution in [0.25, 0.3) is 10.2 Å². The first-order valence-electron chi connectivity index (χ1n) is 8.67. The van der Waals surface area contributed by atoms with Crippen molar-refractivity contribution in [2.45, 2.75) is 32.7 Å². The Labute approximate surface area is 152 Å². The summed E-state index contributed by atoms with van der Waals surface area (Å²) in [6.45, 7) is 7.87. The highest BCUT2D eigenvalue weighted by atomic mass is 32.1. The van der Waals surface area contributed by atoms with E-state index in [4.69, 9.17) is 9.47 Å². The van der Waals surface area contributed by atoms with E-state index >= 15 is 0 Å². The van der Waals surface area contributed by atoms with Crippen LogP contribution in [-0.2, 0) is 20.9 Å². The predicted octanol–water partition coefficient (Wildman–Crippen LogP) is 2.04. The van der Waals surface area contributed by atoms with Crippen LogP contribution < -0.4 is 5.32 Å². The normalized spacial score (nSPS) is 21.5. The molecule has 1 saturated heterocycles. The first kappa shape index (κ1) is 18.3. The second-order valence-electron chi connectivity index (χ2n) is 6.43. The van der Waals surface area contributed by atoms with Crippen molar-refractivity contribution in [1.82, 2.24) is 15.2 Å². The minimum atomic E-state index is -0.0875. The van der Waals surface area contributed by atoms with E-state index in [2.05, 4.69) is 29.0 Å². The molecule has 0 spiro atoms. The van der Waals surface area contributed by atoms with Crippen LogP contribution in [0.5, 0.6) is 0 Å². The van der Waals surface area contributed by atoms with Crippen molar-refractivity contribution >= 4 is 27.5 Å². The summed E-state index contributed by atoms with van der Waals surface area (Å²) in [5.74, 6) is -0.0875. The monoisotopic (exact) mass is 363 g/mol. The van der Waals surface area contributed by atoms with Crippen molar-refractivity contribution in [3.8, 4) is 0 Å². The number of morpholine rings is 1. The van der Waals surface area contributed by atoms with Gasteiger partial charge in [-0.1, -0.05) is 12.1 Å². The second kappa shape index (κ2) is 8.71. The van der Waals surface area contributed by atoms with Gasteiger partial charge in [-0.05, 0) is 26.0 Å². The maximum Gasteiger partial charge on any atom is 0.246 e. The summed E-state index contributed by atoms with van der Waals surface area (Å²) in [6, 6.07) is 7.98. The van der Waals surface area contributed by atoms with E-state index in [0.29, 0.717) is 13.2 Å². The third kappa shape index (κ3) is 5.47. The van der Waals surface area contributed by atoms with E-state index in [1.807, 2.05) is 24.3 Å². The number of hydrogen-bond acceptors (Lipinski definition) is 6. The number of aromatic nitrogens is 1. The molecule has 1 amide bonds. The van der Waals surface area contributed by atoms with Crippen LogP contribution in [0, 0.1) is 0 Å². The van der Waals surface area contributed by atoms with Crippen LogP contribution in [-0.4, -0.2) is 60.8 Å². The van der Waals surface area contributed by atoms with Crippen LogP contribution in [0.4, 0.5) is 0 Å². The molecule has 7 heteroatoms. The Hall–Kier alpha value is -1.54. The molecule has 0 aliphatic carbocycles. The fourth-order valence-electron chi connectivity index (χ4n) is 3.08. The van der Waals surface area contributed by atoms with Crippen molar-refractivity contribution in [1.29, 1.82) is 0 Å². The first-order chi connectivity index (χ1) is 12.1. The number of ether oxygens (including phenoxy) is 2.